The zero-order valence-electron chi connectivity index (χ0n) is 10.7. The van der Waals surface area contributed by atoms with Crippen LogP contribution in [-0.4, -0.2) is 36.2 Å². The minimum absolute atomic E-state index is 0.363. The second-order valence-electron chi connectivity index (χ2n) is 4.66. The maximum absolute atomic E-state index is 9.89. The van der Waals surface area contributed by atoms with Crippen LogP contribution in [-0.2, 0) is 0 Å². The normalized spacial score (nSPS) is 18.2. The zero-order chi connectivity index (χ0) is 13.8. The third-order valence-corrected chi connectivity index (χ3v) is 5.05. The van der Waals surface area contributed by atoms with Crippen molar-refractivity contribution < 1.29 is 5.11 Å². The van der Waals surface area contributed by atoms with Crippen molar-refractivity contribution in [3.8, 4) is 5.75 Å². The second-order valence-corrected chi connectivity index (χ2v) is 6.98. The van der Waals surface area contributed by atoms with Crippen molar-refractivity contribution in [3.63, 3.8) is 0 Å². The smallest absolute Gasteiger partial charge is 0.142 e. The summed E-state index contributed by atoms with van der Waals surface area (Å²) in [6, 6.07) is 4.55. The van der Waals surface area contributed by atoms with Crippen molar-refractivity contribution in [1.29, 1.82) is 0 Å². The number of nitrogens with one attached hydrogen (secondary N) is 1. The van der Waals surface area contributed by atoms with Gasteiger partial charge < -0.3 is 10.4 Å². The zero-order valence-corrected chi connectivity index (χ0v) is 15.0. The van der Waals surface area contributed by atoms with Crippen molar-refractivity contribution in [2.24, 2.45) is 0 Å². The maximum atomic E-state index is 9.89. The van der Waals surface area contributed by atoms with Crippen LogP contribution in [0.2, 0.25) is 0 Å². The summed E-state index contributed by atoms with van der Waals surface area (Å²) in [5, 5.41) is 13.3. The molecule has 3 nitrogen and oxygen atoms in total. The number of benzene rings is 1. The van der Waals surface area contributed by atoms with E-state index in [2.05, 4.69) is 74.1 Å². The Morgan fingerprint density at radius 1 is 1.32 bits per heavy atom. The number of phenolic OH excluding ortho intramolecular Hbond substituents is 1. The molecule has 104 valence electrons. The first-order valence-corrected chi connectivity index (χ1v) is 8.52. The van der Waals surface area contributed by atoms with E-state index in [0.29, 0.717) is 11.8 Å². The lowest BCUT2D eigenvalue weighted by Gasteiger charge is -2.35. The van der Waals surface area contributed by atoms with Gasteiger partial charge in [-0.15, -0.1) is 6.58 Å². The summed E-state index contributed by atoms with van der Waals surface area (Å²) >= 11 is 4.39. The van der Waals surface area contributed by atoms with Crippen LogP contribution < -0.4 is 5.32 Å². The molecule has 2 rings (SSSR count). The van der Waals surface area contributed by atoms with E-state index in [1.54, 1.807) is 0 Å². The van der Waals surface area contributed by atoms with E-state index in [4.69, 9.17) is 0 Å². The molecule has 1 fully saturated rings. The van der Waals surface area contributed by atoms with E-state index in [1.807, 2.05) is 6.08 Å². The van der Waals surface area contributed by atoms with E-state index < -0.39 is 0 Å². The highest BCUT2D eigenvalue weighted by molar-refractivity contribution is 14.1. The monoisotopic (exact) mass is 484 g/mol. The third kappa shape index (κ3) is 3.83. The molecule has 1 aliphatic heterocycles. The van der Waals surface area contributed by atoms with Crippen LogP contribution >= 0.6 is 45.2 Å². The first kappa shape index (κ1) is 15.5. The average molecular weight is 484 g/mol. The molecule has 1 atom stereocenters. The maximum Gasteiger partial charge on any atom is 0.142 e. The van der Waals surface area contributed by atoms with Crippen LogP contribution in [0.15, 0.2) is 24.8 Å². The predicted molar refractivity (Wildman–Crippen MR) is 95.5 cm³/mol. The van der Waals surface area contributed by atoms with Crippen LogP contribution in [0.3, 0.4) is 0 Å². The van der Waals surface area contributed by atoms with Gasteiger partial charge in [0.1, 0.15) is 5.75 Å². The molecule has 0 saturated carbocycles. The molecule has 0 aromatic heterocycles. The molecule has 19 heavy (non-hydrogen) atoms. The van der Waals surface area contributed by atoms with E-state index in [1.165, 1.54) is 5.56 Å². The molecule has 0 amide bonds. The van der Waals surface area contributed by atoms with Crippen molar-refractivity contribution in [2.45, 2.75) is 12.5 Å². The van der Waals surface area contributed by atoms with Gasteiger partial charge in [-0.05, 0) is 69.3 Å². The van der Waals surface area contributed by atoms with Gasteiger partial charge in [-0.3, -0.25) is 4.90 Å². The molecule has 0 spiro atoms. The van der Waals surface area contributed by atoms with E-state index in [0.717, 1.165) is 39.7 Å². The molecular formula is C14H18I2N2O. The summed E-state index contributed by atoms with van der Waals surface area (Å²) in [6.45, 7) is 8.10. The van der Waals surface area contributed by atoms with Gasteiger partial charge >= 0.3 is 0 Å². The van der Waals surface area contributed by atoms with Gasteiger partial charge in [0.2, 0.25) is 0 Å². The molecule has 0 radical (unpaired) electrons. The van der Waals surface area contributed by atoms with E-state index in [9.17, 15) is 5.11 Å². The fourth-order valence-electron chi connectivity index (χ4n) is 2.43. The number of hydrogen-bond acceptors (Lipinski definition) is 3. The molecule has 1 aromatic carbocycles. The topological polar surface area (TPSA) is 35.5 Å². The summed E-state index contributed by atoms with van der Waals surface area (Å²) in [7, 11) is 0. The lowest BCUT2D eigenvalue weighted by atomic mass is 10.0. The van der Waals surface area contributed by atoms with Crippen LogP contribution in [0.5, 0.6) is 5.75 Å². The Morgan fingerprint density at radius 2 is 1.89 bits per heavy atom. The van der Waals surface area contributed by atoms with Crippen LogP contribution in [0.1, 0.15) is 18.0 Å². The average Bonchev–Trinajstić information content (AvgIpc) is 2.42. The molecule has 5 heteroatoms. The summed E-state index contributed by atoms with van der Waals surface area (Å²) in [5.41, 5.74) is 1.27. The van der Waals surface area contributed by atoms with Crippen molar-refractivity contribution in [2.75, 3.05) is 26.2 Å². The quantitative estimate of drug-likeness (QED) is 0.510. The fraction of sp³-hybridized carbons (Fsp3) is 0.429. The number of hydrogen-bond donors (Lipinski definition) is 2. The Hall–Kier alpha value is 0.140. The molecule has 0 aliphatic carbocycles. The number of aromatic hydroxyl groups is 1. The minimum Gasteiger partial charge on any atom is -0.506 e. The second kappa shape index (κ2) is 7.24. The first-order valence-electron chi connectivity index (χ1n) is 6.37. The number of piperazine rings is 1. The summed E-state index contributed by atoms with van der Waals surface area (Å²) in [6.07, 6.45) is 2.93. The number of halogens is 2. The van der Waals surface area contributed by atoms with Crippen LogP contribution in [0, 0.1) is 7.14 Å². The fourth-order valence-corrected chi connectivity index (χ4v) is 4.24. The summed E-state index contributed by atoms with van der Waals surface area (Å²) < 4.78 is 1.84. The SMILES string of the molecule is C=CC[C@@H](c1cc(I)c(O)c(I)c1)N1CCNCC1. The molecule has 0 unspecified atom stereocenters. The highest BCUT2D eigenvalue weighted by Gasteiger charge is 2.22. The summed E-state index contributed by atoms with van der Waals surface area (Å²) in [4.78, 5) is 2.50. The number of phenols is 1. The first-order chi connectivity index (χ1) is 9.13. The third-order valence-electron chi connectivity index (χ3n) is 3.41. The molecule has 1 aromatic rings. The minimum atomic E-state index is 0.363. The standard InChI is InChI=1S/C14H18I2N2O/c1-2-3-13(18-6-4-17-5-7-18)10-8-11(15)14(19)12(16)9-10/h2,8-9,13,17,19H,1,3-7H2/t13-/m0/s1. The van der Waals surface area contributed by atoms with E-state index >= 15 is 0 Å². The Kier molecular flexibility index (Phi) is 5.91. The van der Waals surface area contributed by atoms with Gasteiger partial charge in [0, 0.05) is 32.2 Å². The number of rotatable bonds is 4. The Morgan fingerprint density at radius 3 is 2.42 bits per heavy atom. The Balaban J connectivity index is 2.29. The molecule has 1 heterocycles. The van der Waals surface area contributed by atoms with Gasteiger partial charge in [-0.25, -0.2) is 0 Å². The summed E-state index contributed by atoms with van der Waals surface area (Å²) in [5.74, 6) is 0.391. The van der Waals surface area contributed by atoms with Gasteiger partial charge in [0.05, 0.1) is 7.14 Å². The van der Waals surface area contributed by atoms with Crippen LogP contribution in [0.4, 0.5) is 0 Å². The lowest BCUT2D eigenvalue weighted by Crippen LogP contribution is -2.45. The van der Waals surface area contributed by atoms with E-state index in [-0.39, 0.29) is 0 Å². The predicted octanol–water partition coefficient (Wildman–Crippen LogP) is 3.12. The molecule has 1 saturated heterocycles. The number of nitrogens with zero attached hydrogens (tertiary/aromatic N) is 1. The van der Waals surface area contributed by atoms with Crippen molar-refractivity contribution >= 4 is 45.2 Å². The highest BCUT2D eigenvalue weighted by Crippen LogP contribution is 2.33. The molecule has 1 aliphatic rings. The largest absolute Gasteiger partial charge is 0.506 e. The van der Waals surface area contributed by atoms with Crippen molar-refractivity contribution in [3.05, 3.63) is 37.5 Å². The van der Waals surface area contributed by atoms with Gasteiger partial charge in [0.15, 0.2) is 0 Å². The highest BCUT2D eigenvalue weighted by atomic mass is 127. The van der Waals surface area contributed by atoms with Gasteiger partial charge in [-0.1, -0.05) is 6.08 Å². The van der Waals surface area contributed by atoms with Crippen molar-refractivity contribution in [1.82, 2.24) is 10.2 Å². The molecule has 0 bridgehead atoms. The molecular weight excluding hydrogens is 466 g/mol. The van der Waals surface area contributed by atoms with Crippen LogP contribution in [0.25, 0.3) is 0 Å². The lowest BCUT2D eigenvalue weighted by molar-refractivity contribution is 0.174. The Bertz CT molecular complexity index is 436. The van der Waals surface area contributed by atoms with Gasteiger partial charge in [0.25, 0.3) is 0 Å². The Labute approximate surface area is 141 Å². The van der Waals surface area contributed by atoms with Gasteiger partial charge in [-0.2, -0.15) is 0 Å². The molecule has 2 N–H and O–H groups in total.